The number of nitrogens with zero attached hydrogens (tertiary/aromatic N) is 2. The SMILES string of the molecule is O=C(CBr)c1ccc(NC(=O)c2cscn2)nc1. The lowest BCUT2D eigenvalue weighted by molar-refractivity contribution is 0.101. The van der Waals surface area contributed by atoms with Gasteiger partial charge in [0.1, 0.15) is 11.5 Å². The van der Waals surface area contributed by atoms with E-state index in [1.807, 2.05) is 0 Å². The molecule has 0 radical (unpaired) electrons. The number of alkyl halides is 1. The van der Waals surface area contributed by atoms with Gasteiger partial charge < -0.3 is 5.32 Å². The minimum atomic E-state index is -0.316. The zero-order valence-electron chi connectivity index (χ0n) is 9.09. The van der Waals surface area contributed by atoms with E-state index in [0.717, 1.165) is 0 Å². The molecule has 0 fully saturated rings. The normalized spacial score (nSPS) is 10.1. The van der Waals surface area contributed by atoms with Gasteiger partial charge in [-0.1, -0.05) is 15.9 Å². The number of halogens is 1. The highest BCUT2D eigenvalue weighted by Gasteiger charge is 2.09. The predicted molar refractivity (Wildman–Crippen MR) is 72.4 cm³/mol. The second kappa shape index (κ2) is 5.83. The number of hydrogen-bond acceptors (Lipinski definition) is 5. The molecule has 0 aliphatic carbocycles. The van der Waals surface area contributed by atoms with Crippen LogP contribution in [0.5, 0.6) is 0 Å². The Labute approximate surface area is 115 Å². The van der Waals surface area contributed by atoms with Crippen LogP contribution in [-0.4, -0.2) is 27.0 Å². The first-order valence-corrected chi connectivity index (χ1v) is 7.02. The Kier molecular flexibility index (Phi) is 4.16. The van der Waals surface area contributed by atoms with Crippen LogP contribution in [0.2, 0.25) is 0 Å². The van der Waals surface area contributed by atoms with Crippen LogP contribution in [0.4, 0.5) is 5.82 Å². The number of anilines is 1. The Morgan fingerprint density at radius 1 is 1.33 bits per heavy atom. The molecule has 0 bridgehead atoms. The van der Waals surface area contributed by atoms with Gasteiger partial charge in [0.15, 0.2) is 5.78 Å². The number of rotatable bonds is 4. The molecule has 0 aliphatic rings. The fourth-order valence-electron chi connectivity index (χ4n) is 1.21. The molecular weight excluding hydrogens is 318 g/mol. The molecule has 2 rings (SSSR count). The van der Waals surface area contributed by atoms with Crippen LogP contribution in [0.25, 0.3) is 0 Å². The maximum absolute atomic E-state index is 11.7. The van der Waals surface area contributed by atoms with Crippen LogP contribution >= 0.6 is 27.3 Å². The summed E-state index contributed by atoms with van der Waals surface area (Å²) in [7, 11) is 0. The summed E-state index contributed by atoms with van der Waals surface area (Å²) in [5.41, 5.74) is 2.43. The highest BCUT2D eigenvalue weighted by Crippen LogP contribution is 2.09. The number of aromatic nitrogens is 2. The van der Waals surface area contributed by atoms with Gasteiger partial charge in [0.25, 0.3) is 5.91 Å². The molecule has 2 aromatic rings. The number of pyridine rings is 1. The van der Waals surface area contributed by atoms with Gasteiger partial charge in [0.05, 0.1) is 10.8 Å². The number of carbonyl (C=O) groups excluding carboxylic acids is 2. The van der Waals surface area contributed by atoms with Crippen molar-refractivity contribution in [3.63, 3.8) is 0 Å². The van der Waals surface area contributed by atoms with Gasteiger partial charge in [-0.2, -0.15) is 0 Å². The van der Waals surface area contributed by atoms with E-state index < -0.39 is 0 Å². The average Bonchev–Trinajstić information content (AvgIpc) is 2.92. The highest BCUT2D eigenvalue weighted by atomic mass is 79.9. The van der Waals surface area contributed by atoms with Gasteiger partial charge >= 0.3 is 0 Å². The van der Waals surface area contributed by atoms with Crippen molar-refractivity contribution in [2.24, 2.45) is 0 Å². The summed E-state index contributed by atoms with van der Waals surface area (Å²) < 4.78 is 0. The molecule has 5 nitrogen and oxygen atoms in total. The molecule has 0 aromatic carbocycles. The van der Waals surface area contributed by atoms with Gasteiger partial charge in [-0.3, -0.25) is 9.59 Å². The first kappa shape index (κ1) is 12.8. The standard InChI is InChI=1S/C11H8BrN3O2S/c12-3-9(16)7-1-2-10(13-4-7)15-11(17)8-5-18-6-14-8/h1-2,4-6H,3H2,(H,13,15,17). The third-order valence-corrected chi connectivity index (χ3v) is 3.21. The van der Waals surface area contributed by atoms with Crippen molar-refractivity contribution in [1.29, 1.82) is 0 Å². The molecule has 18 heavy (non-hydrogen) atoms. The van der Waals surface area contributed by atoms with Crippen LogP contribution < -0.4 is 5.32 Å². The lowest BCUT2D eigenvalue weighted by Crippen LogP contribution is -2.13. The summed E-state index contributed by atoms with van der Waals surface area (Å²) >= 11 is 4.43. The number of ketones is 1. The summed E-state index contributed by atoms with van der Waals surface area (Å²) in [6.45, 7) is 0. The van der Waals surface area contributed by atoms with Gasteiger partial charge in [0.2, 0.25) is 0 Å². The lowest BCUT2D eigenvalue weighted by atomic mass is 10.2. The molecule has 92 valence electrons. The second-order valence-corrected chi connectivity index (χ2v) is 4.60. The monoisotopic (exact) mass is 325 g/mol. The van der Waals surface area contributed by atoms with E-state index in [1.165, 1.54) is 17.5 Å². The maximum atomic E-state index is 11.7. The first-order valence-electron chi connectivity index (χ1n) is 4.95. The Morgan fingerprint density at radius 3 is 2.72 bits per heavy atom. The number of thiazole rings is 1. The molecule has 1 N–H and O–H groups in total. The summed E-state index contributed by atoms with van der Waals surface area (Å²) in [4.78, 5) is 30.9. The molecule has 7 heteroatoms. The van der Waals surface area contributed by atoms with E-state index in [9.17, 15) is 9.59 Å². The number of hydrogen-bond donors (Lipinski definition) is 1. The molecular formula is C11H8BrN3O2S. The van der Waals surface area contributed by atoms with E-state index in [-0.39, 0.29) is 17.0 Å². The summed E-state index contributed by atoms with van der Waals surface area (Å²) in [6.07, 6.45) is 1.43. The summed E-state index contributed by atoms with van der Waals surface area (Å²) in [5.74, 6) is 0.0160. The Balaban J connectivity index is 2.07. The maximum Gasteiger partial charge on any atom is 0.276 e. The van der Waals surface area contributed by atoms with Crippen LogP contribution in [-0.2, 0) is 0 Å². The van der Waals surface area contributed by atoms with Gasteiger partial charge in [0, 0.05) is 17.1 Å². The number of amides is 1. The van der Waals surface area contributed by atoms with Gasteiger partial charge in [-0.25, -0.2) is 9.97 Å². The predicted octanol–water partition coefficient (Wildman–Crippen LogP) is 2.37. The quantitative estimate of drug-likeness (QED) is 0.692. The second-order valence-electron chi connectivity index (χ2n) is 3.32. The molecule has 0 saturated carbocycles. The fourth-order valence-corrected chi connectivity index (χ4v) is 2.07. The largest absolute Gasteiger partial charge is 0.305 e. The third-order valence-electron chi connectivity index (χ3n) is 2.11. The van der Waals surface area contributed by atoms with Crippen molar-refractivity contribution in [2.45, 2.75) is 0 Å². The first-order chi connectivity index (χ1) is 8.70. The zero-order chi connectivity index (χ0) is 13.0. The molecule has 1 amide bonds. The molecule has 0 saturated heterocycles. The smallest absolute Gasteiger partial charge is 0.276 e. The van der Waals surface area contributed by atoms with E-state index in [2.05, 4.69) is 31.2 Å². The van der Waals surface area contributed by atoms with Gasteiger partial charge in [-0.15, -0.1) is 11.3 Å². The summed E-state index contributed by atoms with van der Waals surface area (Å²) in [6, 6.07) is 3.20. The van der Waals surface area contributed by atoms with Crippen molar-refractivity contribution in [3.8, 4) is 0 Å². The molecule has 0 spiro atoms. The molecule has 2 aromatic heterocycles. The number of nitrogens with one attached hydrogen (secondary N) is 1. The molecule has 0 atom stereocenters. The fraction of sp³-hybridized carbons (Fsp3) is 0.0909. The zero-order valence-corrected chi connectivity index (χ0v) is 11.5. The molecule has 2 heterocycles. The topological polar surface area (TPSA) is 72.0 Å². The van der Waals surface area contributed by atoms with E-state index >= 15 is 0 Å². The van der Waals surface area contributed by atoms with Crippen LogP contribution in [0.15, 0.2) is 29.2 Å². The number of Topliss-reactive ketones (excluding diaryl/α,β-unsaturated/α-hetero) is 1. The van der Waals surface area contributed by atoms with Crippen LogP contribution in [0.1, 0.15) is 20.8 Å². The Morgan fingerprint density at radius 2 is 2.17 bits per heavy atom. The van der Waals surface area contributed by atoms with Crippen molar-refractivity contribution in [2.75, 3.05) is 10.6 Å². The van der Waals surface area contributed by atoms with Crippen molar-refractivity contribution in [1.82, 2.24) is 9.97 Å². The minimum Gasteiger partial charge on any atom is -0.305 e. The lowest BCUT2D eigenvalue weighted by Gasteiger charge is -2.03. The van der Waals surface area contributed by atoms with Gasteiger partial charge in [-0.05, 0) is 12.1 Å². The van der Waals surface area contributed by atoms with Crippen LogP contribution in [0.3, 0.4) is 0 Å². The van der Waals surface area contributed by atoms with E-state index in [0.29, 0.717) is 17.1 Å². The Bertz CT molecular complexity index is 554. The number of carbonyl (C=O) groups is 2. The molecule has 0 aliphatic heterocycles. The molecule has 0 unspecified atom stereocenters. The van der Waals surface area contributed by atoms with Crippen LogP contribution in [0, 0.1) is 0 Å². The van der Waals surface area contributed by atoms with Crippen molar-refractivity contribution in [3.05, 3.63) is 40.5 Å². The van der Waals surface area contributed by atoms with E-state index in [1.54, 1.807) is 23.0 Å². The third kappa shape index (κ3) is 2.99. The van der Waals surface area contributed by atoms with E-state index in [4.69, 9.17) is 0 Å². The average molecular weight is 326 g/mol. The highest BCUT2D eigenvalue weighted by molar-refractivity contribution is 9.09. The van der Waals surface area contributed by atoms with Crippen molar-refractivity contribution < 1.29 is 9.59 Å². The van der Waals surface area contributed by atoms with Crippen molar-refractivity contribution >= 4 is 44.8 Å². The minimum absolute atomic E-state index is 0.0557. The summed E-state index contributed by atoms with van der Waals surface area (Å²) in [5, 5.41) is 4.50. The Hall–Kier alpha value is -1.60.